The van der Waals surface area contributed by atoms with Gasteiger partial charge in [-0.3, -0.25) is 0 Å². The first-order valence-corrected chi connectivity index (χ1v) is 7.16. The van der Waals surface area contributed by atoms with Gasteiger partial charge in [-0.2, -0.15) is 0 Å². The van der Waals surface area contributed by atoms with Gasteiger partial charge in [-0.1, -0.05) is 12.1 Å². The lowest BCUT2D eigenvalue weighted by Crippen LogP contribution is -2.41. The Morgan fingerprint density at radius 1 is 1.38 bits per heavy atom. The van der Waals surface area contributed by atoms with E-state index in [9.17, 15) is 14.3 Å². The van der Waals surface area contributed by atoms with Gasteiger partial charge >= 0.3 is 6.09 Å². The molecule has 0 saturated carbocycles. The van der Waals surface area contributed by atoms with Crippen molar-refractivity contribution in [2.24, 2.45) is 0 Å². The van der Waals surface area contributed by atoms with E-state index >= 15 is 0 Å². The van der Waals surface area contributed by atoms with E-state index in [1.807, 2.05) is 20.8 Å². The van der Waals surface area contributed by atoms with Crippen LogP contribution in [0.4, 0.5) is 9.18 Å². The lowest BCUT2D eigenvalue weighted by Gasteiger charge is -2.27. The summed E-state index contributed by atoms with van der Waals surface area (Å²) in [6, 6.07) is 6.04. The van der Waals surface area contributed by atoms with Crippen LogP contribution in [0.5, 0.6) is 0 Å². The molecule has 0 spiro atoms. The summed E-state index contributed by atoms with van der Waals surface area (Å²) in [6.07, 6.45) is 0.243. The van der Waals surface area contributed by atoms with Gasteiger partial charge in [-0.25, -0.2) is 9.18 Å². The molecule has 2 rings (SSSR count). The van der Waals surface area contributed by atoms with Crippen LogP contribution in [0.2, 0.25) is 0 Å². The third-order valence-electron chi connectivity index (χ3n) is 3.59. The fourth-order valence-electron chi connectivity index (χ4n) is 2.61. The molecule has 5 heteroatoms. The van der Waals surface area contributed by atoms with Gasteiger partial charge in [0.15, 0.2) is 0 Å². The summed E-state index contributed by atoms with van der Waals surface area (Å²) >= 11 is 0. The maximum Gasteiger partial charge on any atom is 0.410 e. The van der Waals surface area contributed by atoms with Gasteiger partial charge in [0.1, 0.15) is 11.4 Å². The molecule has 1 saturated heterocycles. The van der Waals surface area contributed by atoms with Crippen molar-refractivity contribution < 1.29 is 19.0 Å². The van der Waals surface area contributed by atoms with Gasteiger partial charge in [0, 0.05) is 12.5 Å². The van der Waals surface area contributed by atoms with Crippen molar-refractivity contribution in [2.75, 3.05) is 13.2 Å². The van der Waals surface area contributed by atoms with E-state index in [-0.39, 0.29) is 24.4 Å². The summed E-state index contributed by atoms with van der Waals surface area (Å²) in [5.74, 6) is -0.185. The van der Waals surface area contributed by atoms with E-state index in [2.05, 4.69) is 0 Å². The summed E-state index contributed by atoms with van der Waals surface area (Å²) in [5, 5.41) is 9.48. The molecule has 0 unspecified atom stereocenters. The van der Waals surface area contributed by atoms with Gasteiger partial charge in [-0.05, 0) is 44.9 Å². The second-order valence-electron chi connectivity index (χ2n) is 6.45. The highest BCUT2D eigenvalue weighted by atomic mass is 19.1. The van der Waals surface area contributed by atoms with Crippen molar-refractivity contribution >= 4 is 6.09 Å². The molecule has 0 aliphatic carbocycles. The smallest absolute Gasteiger partial charge is 0.410 e. The van der Waals surface area contributed by atoms with Crippen LogP contribution in [0.3, 0.4) is 0 Å². The monoisotopic (exact) mass is 295 g/mol. The van der Waals surface area contributed by atoms with Crippen molar-refractivity contribution in [3.05, 3.63) is 35.6 Å². The Labute approximate surface area is 124 Å². The molecule has 1 fully saturated rings. The fraction of sp³-hybridized carbons (Fsp3) is 0.562. The first-order valence-electron chi connectivity index (χ1n) is 7.16. The first kappa shape index (κ1) is 15.8. The highest BCUT2D eigenvalue weighted by Crippen LogP contribution is 2.32. The predicted octanol–water partition coefficient (Wildman–Crippen LogP) is 2.91. The SMILES string of the molecule is CC(C)(C)OC(=O)N1C[C@H](c2ccc(F)cc2)C[C@H]1CO. The van der Waals surface area contributed by atoms with E-state index < -0.39 is 11.7 Å². The summed E-state index contributed by atoms with van der Waals surface area (Å²) in [5.41, 5.74) is 0.409. The Morgan fingerprint density at radius 3 is 2.52 bits per heavy atom. The number of hydrogen-bond donors (Lipinski definition) is 1. The van der Waals surface area contributed by atoms with Crippen molar-refractivity contribution in [1.29, 1.82) is 0 Å². The van der Waals surface area contributed by atoms with Crippen molar-refractivity contribution in [2.45, 2.75) is 44.8 Å². The van der Waals surface area contributed by atoms with Gasteiger partial charge in [-0.15, -0.1) is 0 Å². The minimum Gasteiger partial charge on any atom is -0.444 e. The second-order valence-corrected chi connectivity index (χ2v) is 6.45. The number of hydrogen-bond acceptors (Lipinski definition) is 3. The summed E-state index contributed by atoms with van der Waals surface area (Å²) in [7, 11) is 0. The average Bonchev–Trinajstić information content (AvgIpc) is 2.82. The molecule has 1 aliphatic heterocycles. The molecule has 1 aromatic rings. The quantitative estimate of drug-likeness (QED) is 0.912. The van der Waals surface area contributed by atoms with Crippen molar-refractivity contribution in [3.63, 3.8) is 0 Å². The molecule has 116 valence electrons. The Hall–Kier alpha value is -1.62. The molecule has 0 radical (unpaired) electrons. The van der Waals surface area contributed by atoms with Gasteiger partial charge in [0.05, 0.1) is 12.6 Å². The molecule has 1 aromatic carbocycles. The maximum absolute atomic E-state index is 13.0. The van der Waals surface area contributed by atoms with E-state index in [1.165, 1.54) is 12.1 Å². The zero-order valence-corrected chi connectivity index (χ0v) is 12.7. The molecule has 1 heterocycles. The molecular weight excluding hydrogens is 273 g/mol. The number of nitrogens with zero attached hydrogens (tertiary/aromatic N) is 1. The summed E-state index contributed by atoms with van der Waals surface area (Å²) in [6.45, 7) is 5.81. The van der Waals surface area contributed by atoms with Gasteiger partial charge < -0.3 is 14.7 Å². The van der Waals surface area contributed by atoms with Crippen LogP contribution >= 0.6 is 0 Å². The first-order chi connectivity index (χ1) is 9.80. The van der Waals surface area contributed by atoms with E-state index in [4.69, 9.17) is 4.74 Å². The zero-order chi connectivity index (χ0) is 15.6. The Bertz CT molecular complexity index is 495. The molecule has 0 aromatic heterocycles. The molecular formula is C16H22FNO3. The number of halogens is 1. The number of ether oxygens (including phenoxy) is 1. The van der Waals surface area contributed by atoms with Crippen LogP contribution < -0.4 is 0 Å². The maximum atomic E-state index is 13.0. The minimum absolute atomic E-state index is 0.0928. The summed E-state index contributed by atoms with van der Waals surface area (Å²) < 4.78 is 18.4. The standard InChI is InChI=1S/C16H22FNO3/c1-16(2,3)21-15(20)18-9-12(8-14(18)10-19)11-4-6-13(17)7-5-11/h4-7,12,14,19H,8-10H2,1-3H3/t12-,14+/m1/s1. The number of likely N-dealkylation sites (tertiary alicyclic amines) is 1. The molecule has 4 nitrogen and oxygen atoms in total. The largest absolute Gasteiger partial charge is 0.444 e. The normalized spacial score (nSPS) is 22.4. The fourth-order valence-corrected chi connectivity index (χ4v) is 2.61. The third-order valence-corrected chi connectivity index (χ3v) is 3.59. The molecule has 2 atom stereocenters. The molecule has 21 heavy (non-hydrogen) atoms. The minimum atomic E-state index is -0.564. The highest BCUT2D eigenvalue weighted by Gasteiger charge is 2.37. The molecule has 1 aliphatic rings. The van der Waals surface area contributed by atoms with E-state index in [0.717, 1.165) is 5.56 Å². The molecule has 1 amide bonds. The number of rotatable bonds is 2. The number of amides is 1. The van der Waals surface area contributed by atoms with Crippen LogP contribution in [0.25, 0.3) is 0 Å². The number of aliphatic hydroxyl groups excluding tert-OH is 1. The Morgan fingerprint density at radius 2 is 2.00 bits per heavy atom. The van der Waals surface area contributed by atoms with Crippen LogP contribution in [-0.4, -0.2) is 40.9 Å². The van der Waals surface area contributed by atoms with Crippen molar-refractivity contribution in [1.82, 2.24) is 4.90 Å². The number of aliphatic hydroxyl groups is 1. The van der Waals surface area contributed by atoms with Crippen LogP contribution in [0.15, 0.2) is 24.3 Å². The zero-order valence-electron chi connectivity index (χ0n) is 12.7. The van der Waals surface area contributed by atoms with Crippen LogP contribution in [0.1, 0.15) is 38.7 Å². The Kier molecular flexibility index (Phi) is 4.52. The van der Waals surface area contributed by atoms with Crippen LogP contribution in [-0.2, 0) is 4.74 Å². The third kappa shape index (κ3) is 3.94. The Balaban J connectivity index is 2.10. The average molecular weight is 295 g/mol. The van der Waals surface area contributed by atoms with Crippen LogP contribution in [0, 0.1) is 5.82 Å². The molecule has 0 bridgehead atoms. The highest BCUT2D eigenvalue weighted by molar-refractivity contribution is 5.69. The van der Waals surface area contributed by atoms with E-state index in [1.54, 1.807) is 17.0 Å². The van der Waals surface area contributed by atoms with Crippen molar-refractivity contribution in [3.8, 4) is 0 Å². The summed E-state index contributed by atoms with van der Waals surface area (Å²) in [4.78, 5) is 13.8. The second kappa shape index (κ2) is 6.02. The molecule has 1 N–H and O–H groups in total. The number of carbonyl (C=O) groups is 1. The van der Waals surface area contributed by atoms with E-state index in [0.29, 0.717) is 13.0 Å². The number of benzene rings is 1. The number of carbonyl (C=O) groups excluding carboxylic acids is 1. The van der Waals surface area contributed by atoms with Gasteiger partial charge in [0.2, 0.25) is 0 Å². The lowest BCUT2D eigenvalue weighted by atomic mass is 9.96. The van der Waals surface area contributed by atoms with Gasteiger partial charge in [0.25, 0.3) is 0 Å². The topological polar surface area (TPSA) is 49.8 Å². The lowest BCUT2D eigenvalue weighted by molar-refractivity contribution is 0.0174. The predicted molar refractivity (Wildman–Crippen MR) is 77.6 cm³/mol.